The Morgan fingerprint density at radius 3 is 2.62 bits per heavy atom. The molecule has 3 fully saturated rings. The summed E-state index contributed by atoms with van der Waals surface area (Å²) >= 11 is 6.35. The fraction of sp³-hybridized carbons (Fsp3) is 0.350. The minimum absolute atomic E-state index is 0.0159. The molecular formula is C20H21ClN2O. The summed E-state index contributed by atoms with van der Waals surface area (Å²) in [7, 11) is 0. The number of benzene rings is 2. The van der Waals surface area contributed by atoms with Crippen LogP contribution in [0, 0.1) is 12.8 Å². The predicted octanol–water partition coefficient (Wildman–Crippen LogP) is 3.87. The van der Waals surface area contributed by atoms with E-state index in [2.05, 4.69) is 22.8 Å². The van der Waals surface area contributed by atoms with E-state index in [-0.39, 0.29) is 17.5 Å². The van der Waals surface area contributed by atoms with Crippen molar-refractivity contribution >= 4 is 17.5 Å². The maximum atomic E-state index is 12.9. The van der Waals surface area contributed by atoms with Gasteiger partial charge < -0.3 is 10.6 Å². The molecule has 5 rings (SSSR count). The molecule has 24 heavy (non-hydrogen) atoms. The van der Waals surface area contributed by atoms with Gasteiger partial charge in [0.1, 0.15) is 0 Å². The van der Waals surface area contributed by atoms with Gasteiger partial charge in [-0.25, -0.2) is 0 Å². The zero-order chi connectivity index (χ0) is 16.7. The molecule has 2 aromatic carbocycles. The number of hydrogen-bond acceptors (Lipinski definition) is 2. The van der Waals surface area contributed by atoms with Crippen LogP contribution in [0.2, 0.25) is 5.02 Å². The molecule has 1 unspecified atom stereocenters. The Morgan fingerprint density at radius 1 is 1.21 bits per heavy atom. The van der Waals surface area contributed by atoms with Crippen LogP contribution < -0.4 is 10.6 Å². The molecule has 0 aromatic heterocycles. The minimum Gasteiger partial charge on any atom is -0.343 e. The van der Waals surface area contributed by atoms with Crippen molar-refractivity contribution in [2.75, 3.05) is 6.54 Å². The Kier molecular flexibility index (Phi) is 3.86. The molecule has 2 aromatic rings. The highest BCUT2D eigenvalue weighted by Gasteiger charge is 2.55. The van der Waals surface area contributed by atoms with Gasteiger partial charge >= 0.3 is 0 Å². The van der Waals surface area contributed by atoms with Gasteiger partial charge in [0.2, 0.25) is 0 Å². The zero-order valence-electron chi connectivity index (χ0n) is 13.7. The normalized spacial score (nSPS) is 25.8. The van der Waals surface area contributed by atoms with E-state index in [9.17, 15) is 4.79 Å². The van der Waals surface area contributed by atoms with E-state index in [4.69, 9.17) is 11.6 Å². The molecule has 2 bridgehead atoms. The van der Waals surface area contributed by atoms with E-state index < -0.39 is 0 Å². The molecule has 3 nitrogen and oxygen atoms in total. The summed E-state index contributed by atoms with van der Waals surface area (Å²) in [6, 6.07) is 15.8. The van der Waals surface area contributed by atoms with Crippen molar-refractivity contribution in [3.05, 3.63) is 70.2 Å². The van der Waals surface area contributed by atoms with Gasteiger partial charge in [-0.1, -0.05) is 54.1 Å². The number of halogens is 1. The molecule has 0 radical (unpaired) electrons. The summed E-state index contributed by atoms with van der Waals surface area (Å²) in [6.07, 6.45) is 2.24. The second-order valence-electron chi connectivity index (χ2n) is 7.06. The third-order valence-electron chi connectivity index (χ3n) is 5.45. The second-order valence-corrected chi connectivity index (χ2v) is 7.44. The molecule has 1 amide bonds. The maximum absolute atomic E-state index is 12.9. The van der Waals surface area contributed by atoms with Crippen molar-refractivity contribution in [3.8, 4) is 0 Å². The average molecular weight is 341 g/mol. The summed E-state index contributed by atoms with van der Waals surface area (Å²) in [5.74, 6) is 0.639. The Bertz CT molecular complexity index is 763. The topological polar surface area (TPSA) is 41.1 Å². The van der Waals surface area contributed by atoms with Gasteiger partial charge in [-0.3, -0.25) is 4.79 Å². The molecule has 1 aliphatic carbocycles. The first kappa shape index (κ1) is 15.7. The molecule has 124 valence electrons. The second kappa shape index (κ2) is 5.91. The van der Waals surface area contributed by atoms with E-state index in [0.29, 0.717) is 10.6 Å². The van der Waals surface area contributed by atoms with E-state index >= 15 is 0 Å². The van der Waals surface area contributed by atoms with Gasteiger partial charge in [0.15, 0.2) is 0 Å². The molecule has 2 aliphatic heterocycles. The number of hydrogen-bond donors (Lipinski definition) is 2. The molecule has 2 saturated heterocycles. The third-order valence-corrected chi connectivity index (χ3v) is 5.95. The largest absolute Gasteiger partial charge is 0.343 e. The number of nitrogens with one attached hydrogen (secondary N) is 2. The van der Waals surface area contributed by atoms with Gasteiger partial charge in [0, 0.05) is 5.54 Å². The molecule has 1 saturated carbocycles. The Hall–Kier alpha value is -1.84. The number of fused-ring (bicyclic) bond motifs is 1. The molecule has 0 spiro atoms. The van der Waals surface area contributed by atoms with Crippen LogP contribution in [-0.2, 0) is 0 Å². The van der Waals surface area contributed by atoms with Crippen LogP contribution in [0.15, 0.2) is 48.5 Å². The Morgan fingerprint density at radius 2 is 1.96 bits per heavy atom. The van der Waals surface area contributed by atoms with Gasteiger partial charge in [-0.05, 0) is 49.4 Å². The summed E-state index contributed by atoms with van der Waals surface area (Å²) in [4.78, 5) is 12.9. The third kappa shape index (κ3) is 2.52. The lowest BCUT2D eigenvalue weighted by molar-refractivity contribution is 0.0863. The van der Waals surface area contributed by atoms with Gasteiger partial charge in [-0.2, -0.15) is 0 Å². The van der Waals surface area contributed by atoms with Crippen molar-refractivity contribution in [3.63, 3.8) is 0 Å². The lowest BCUT2D eigenvalue weighted by Gasteiger charge is -2.44. The fourth-order valence-corrected chi connectivity index (χ4v) is 4.37. The molecule has 1 atom stereocenters. The number of carbonyl (C=O) groups excluding carboxylic acids is 1. The van der Waals surface area contributed by atoms with Gasteiger partial charge in [0.05, 0.1) is 16.6 Å². The molecule has 2 heterocycles. The highest BCUT2D eigenvalue weighted by atomic mass is 35.5. The van der Waals surface area contributed by atoms with Crippen LogP contribution in [0.5, 0.6) is 0 Å². The lowest BCUT2D eigenvalue weighted by Crippen LogP contribution is -2.54. The van der Waals surface area contributed by atoms with Crippen LogP contribution in [0.1, 0.15) is 40.4 Å². The maximum Gasteiger partial charge on any atom is 0.253 e. The monoisotopic (exact) mass is 340 g/mol. The quantitative estimate of drug-likeness (QED) is 0.887. The smallest absolute Gasteiger partial charge is 0.253 e. The van der Waals surface area contributed by atoms with E-state index in [1.165, 1.54) is 0 Å². The molecule has 2 N–H and O–H groups in total. The lowest BCUT2D eigenvalue weighted by atomic mass is 9.67. The highest BCUT2D eigenvalue weighted by molar-refractivity contribution is 6.34. The standard InChI is InChI=1S/C20H21ClN2O/c1-13-6-5-9-16(17(13)21)19(24)23-18(15-7-3-2-4-8-15)20-10-14(11-20)12-22-20/h2-9,14,18,22H,10-12H2,1H3,(H,23,24). The van der Waals surface area contributed by atoms with Gasteiger partial charge in [0.25, 0.3) is 5.91 Å². The first-order valence-corrected chi connectivity index (χ1v) is 8.83. The van der Waals surface area contributed by atoms with Crippen molar-refractivity contribution < 1.29 is 4.79 Å². The molecule has 3 aliphatic rings. The van der Waals surface area contributed by atoms with Crippen molar-refractivity contribution in [1.82, 2.24) is 10.6 Å². The summed E-state index contributed by atoms with van der Waals surface area (Å²) in [5.41, 5.74) is 2.59. The van der Waals surface area contributed by atoms with Gasteiger partial charge in [-0.15, -0.1) is 0 Å². The minimum atomic E-state index is -0.107. The first-order valence-electron chi connectivity index (χ1n) is 8.45. The zero-order valence-corrected chi connectivity index (χ0v) is 14.4. The highest BCUT2D eigenvalue weighted by Crippen LogP contribution is 2.50. The van der Waals surface area contributed by atoms with Crippen LogP contribution in [0.3, 0.4) is 0 Å². The number of rotatable bonds is 4. The molecular weight excluding hydrogens is 320 g/mol. The van der Waals surface area contributed by atoms with Crippen molar-refractivity contribution in [2.24, 2.45) is 5.92 Å². The number of aryl methyl sites for hydroxylation is 1. The van der Waals surface area contributed by atoms with Crippen LogP contribution in [-0.4, -0.2) is 18.0 Å². The van der Waals surface area contributed by atoms with E-state index in [0.717, 1.165) is 36.4 Å². The summed E-state index contributed by atoms with van der Waals surface area (Å²) in [6.45, 7) is 2.96. The Balaban J connectivity index is 1.65. The van der Waals surface area contributed by atoms with Crippen LogP contribution in [0.4, 0.5) is 0 Å². The Labute approximate surface area is 147 Å². The van der Waals surface area contributed by atoms with E-state index in [1.807, 2.05) is 37.3 Å². The van der Waals surface area contributed by atoms with Crippen molar-refractivity contribution in [1.29, 1.82) is 0 Å². The van der Waals surface area contributed by atoms with Crippen LogP contribution in [0.25, 0.3) is 0 Å². The first-order chi connectivity index (χ1) is 11.6. The summed E-state index contributed by atoms with van der Waals surface area (Å²) < 4.78 is 0. The number of amides is 1. The van der Waals surface area contributed by atoms with Crippen LogP contribution >= 0.6 is 11.6 Å². The average Bonchev–Trinajstić information content (AvgIpc) is 3.17. The number of carbonyl (C=O) groups is 1. The predicted molar refractivity (Wildman–Crippen MR) is 96.3 cm³/mol. The van der Waals surface area contributed by atoms with E-state index in [1.54, 1.807) is 6.07 Å². The fourth-order valence-electron chi connectivity index (χ4n) is 4.16. The SMILES string of the molecule is Cc1cccc(C(=O)NC(c2ccccc2)C23CC(CN2)C3)c1Cl. The van der Waals surface area contributed by atoms with Crippen molar-refractivity contribution in [2.45, 2.75) is 31.3 Å². The summed E-state index contributed by atoms with van der Waals surface area (Å²) in [5, 5.41) is 7.43. The molecule has 4 heteroatoms.